The van der Waals surface area contributed by atoms with Crippen LogP contribution in [0.15, 0.2) is 6.07 Å². The second-order valence-corrected chi connectivity index (χ2v) is 2.49. The smallest absolute Gasteiger partial charge is 0.356 e. The second-order valence-electron chi connectivity index (χ2n) is 2.49. The molecule has 0 bridgehead atoms. The lowest BCUT2D eigenvalue weighted by atomic mass is 10.2. The van der Waals surface area contributed by atoms with Crippen molar-refractivity contribution >= 4 is 5.97 Å². The van der Waals surface area contributed by atoms with Gasteiger partial charge in [0.25, 0.3) is 6.43 Å². The van der Waals surface area contributed by atoms with Gasteiger partial charge >= 0.3 is 5.97 Å². The van der Waals surface area contributed by atoms with Crippen LogP contribution in [0.25, 0.3) is 0 Å². The number of methoxy groups -OCH3 is 1. The van der Waals surface area contributed by atoms with E-state index in [1.807, 2.05) is 0 Å². The molecule has 0 saturated carbocycles. The van der Waals surface area contributed by atoms with E-state index in [1.165, 1.54) is 0 Å². The number of carbonyl (C=O) groups is 1. The van der Waals surface area contributed by atoms with Gasteiger partial charge in [0.2, 0.25) is 5.95 Å². The van der Waals surface area contributed by atoms with Crippen LogP contribution in [0.5, 0.6) is 0 Å². The van der Waals surface area contributed by atoms with Crippen LogP contribution in [0.4, 0.5) is 17.6 Å². The Bertz CT molecular complexity index is 394. The standard InChI is InChI=1S/C8H5F4NO2/c1-15-8(14)4-2-3(6(10)11)5(9)7(12)13-4/h2,6H,1H3. The van der Waals surface area contributed by atoms with Gasteiger partial charge in [-0.05, 0) is 6.07 Å². The predicted molar refractivity (Wildman–Crippen MR) is 40.4 cm³/mol. The van der Waals surface area contributed by atoms with Crippen molar-refractivity contribution in [3.8, 4) is 0 Å². The van der Waals surface area contributed by atoms with Crippen molar-refractivity contribution in [2.45, 2.75) is 6.43 Å². The number of carbonyl (C=O) groups excluding carboxylic acids is 1. The predicted octanol–water partition coefficient (Wildman–Crippen LogP) is 2.08. The molecule has 0 fully saturated rings. The Kier molecular flexibility index (Phi) is 3.23. The molecule has 0 N–H and O–H groups in total. The first-order valence-electron chi connectivity index (χ1n) is 3.69. The molecule has 1 rings (SSSR count). The summed E-state index contributed by atoms with van der Waals surface area (Å²) in [5, 5.41) is 0. The second kappa shape index (κ2) is 4.24. The molecule has 0 amide bonds. The fourth-order valence-electron chi connectivity index (χ4n) is 0.885. The van der Waals surface area contributed by atoms with Gasteiger partial charge in [-0.3, -0.25) is 0 Å². The maximum Gasteiger partial charge on any atom is 0.356 e. The minimum Gasteiger partial charge on any atom is -0.464 e. The van der Waals surface area contributed by atoms with Crippen LogP contribution in [0.3, 0.4) is 0 Å². The lowest BCUT2D eigenvalue weighted by Gasteiger charge is -2.04. The van der Waals surface area contributed by atoms with Crippen LogP contribution in [0.1, 0.15) is 22.5 Å². The topological polar surface area (TPSA) is 39.2 Å². The monoisotopic (exact) mass is 223 g/mol. The van der Waals surface area contributed by atoms with E-state index in [4.69, 9.17) is 0 Å². The van der Waals surface area contributed by atoms with Crippen molar-refractivity contribution in [3.63, 3.8) is 0 Å². The van der Waals surface area contributed by atoms with Crippen molar-refractivity contribution in [3.05, 3.63) is 29.1 Å². The van der Waals surface area contributed by atoms with Crippen molar-refractivity contribution in [1.29, 1.82) is 0 Å². The molecule has 15 heavy (non-hydrogen) atoms. The van der Waals surface area contributed by atoms with Crippen LogP contribution in [-0.4, -0.2) is 18.1 Å². The number of pyridine rings is 1. The number of hydrogen-bond donors (Lipinski definition) is 0. The third-order valence-corrected chi connectivity index (χ3v) is 1.58. The molecule has 0 aromatic carbocycles. The highest BCUT2D eigenvalue weighted by atomic mass is 19.3. The van der Waals surface area contributed by atoms with Crippen LogP contribution in [0.2, 0.25) is 0 Å². The fourth-order valence-corrected chi connectivity index (χ4v) is 0.885. The first-order valence-corrected chi connectivity index (χ1v) is 3.69. The molecule has 0 aliphatic rings. The molecular formula is C8H5F4NO2. The highest BCUT2D eigenvalue weighted by molar-refractivity contribution is 5.87. The Hall–Kier alpha value is -1.66. The van der Waals surface area contributed by atoms with E-state index in [1.54, 1.807) is 0 Å². The van der Waals surface area contributed by atoms with Gasteiger partial charge in [-0.1, -0.05) is 0 Å². The normalized spacial score (nSPS) is 10.5. The summed E-state index contributed by atoms with van der Waals surface area (Å²) in [6, 6.07) is 0.453. The summed E-state index contributed by atoms with van der Waals surface area (Å²) < 4.78 is 53.9. The first-order chi connectivity index (χ1) is 6.97. The van der Waals surface area contributed by atoms with E-state index >= 15 is 0 Å². The number of rotatable bonds is 2. The van der Waals surface area contributed by atoms with Gasteiger partial charge in [-0.2, -0.15) is 4.39 Å². The molecule has 0 aliphatic heterocycles. The fraction of sp³-hybridized carbons (Fsp3) is 0.250. The van der Waals surface area contributed by atoms with Gasteiger partial charge in [-0.15, -0.1) is 0 Å². The van der Waals surface area contributed by atoms with E-state index in [0.717, 1.165) is 7.11 Å². The summed E-state index contributed by atoms with van der Waals surface area (Å²) >= 11 is 0. The first kappa shape index (κ1) is 11.4. The van der Waals surface area contributed by atoms with Crippen LogP contribution in [0, 0.1) is 11.8 Å². The summed E-state index contributed by atoms with van der Waals surface area (Å²) in [7, 11) is 0.966. The van der Waals surface area contributed by atoms with Gasteiger partial charge in [-0.25, -0.2) is 22.9 Å². The molecule has 0 spiro atoms. The molecule has 1 heterocycles. The van der Waals surface area contributed by atoms with Crippen LogP contribution < -0.4 is 0 Å². The molecule has 0 unspecified atom stereocenters. The Morgan fingerprint density at radius 3 is 2.53 bits per heavy atom. The summed E-state index contributed by atoms with van der Waals surface area (Å²) in [5.41, 5.74) is -1.92. The molecule has 0 radical (unpaired) electrons. The number of nitrogens with zero attached hydrogens (tertiary/aromatic N) is 1. The molecular weight excluding hydrogens is 218 g/mol. The number of ether oxygens (including phenoxy) is 1. The molecule has 7 heteroatoms. The van der Waals surface area contributed by atoms with Crippen molar-refractivity contribution in [2.24, 2.45) is 0 Å². The minimum atomic E-state index is -3.23. The summed E-state index contributed by atoms with van der Waals surface area (Å²) in [6.45, 7) is 0. The lowest BCUT2D eigenvalue weighted by Crippen LogP contribution is -2.09. The minimum absolute atomic E-state index is 0.453. The van der Waals surface area contributed by atoms with Crippen molar-refractivity contribution in [2.75, 3.05) is 7.11 Å². The Morgan fingerprint density at radius 1 is 1.47 bits per heavy atom. The molecule has 0 aliphatic carbocycles. The zero-order valence-electron chi connectivity index (χ0n) is 7.43. The molecule has 3 nitrogen and oxygen atoms in total. The highest BCUT2D eigenvalue weighted by Gasteiger charge is 2.22. The number of aromatic nitrogens is 1. The van der Waals surface area contributed by atoms with Crippen molar-refractivity contribution < 1.29 is 27.1 Å². The van der Waals surface area contributed by atoms with Gasteiger partial charge in [0.05, 0.1) is 12.7 Å². The van der Waals surface area contributed by atoms with Gasteiger partial charge in [0.15, 0.2) is 11.5 Å². The molecule has 1 aromatic rings. The lowest BCUT2D eigenvalue weighted by molar-refractivity contribution is 0.0591. The van der Waals surface area contributed by atoms with E-state index in [-0.39, 0.29) is 0 Å². The average molecular weight is 223 g/mol. The third-order valence-electron chi connectivity index (χ3n) is 1.58. The quantitative estimate of drug-likeness (QED) is 0.437. The SMILES string of the molecule is COC(=O)c1cc(C(F)F)c(F)c(F)n1. The summed E-state index contributed by atoms with van der Waals surface area (Å²) in [4.78, 5) is 13.7. The van der Waals surface area contributed by atoms with Gasteiger partial charge < -0.3 is 4.74 Å². The number of alkyl halides is 2. The van der Waals surface area contributed by atoms with Gasteiger partial charge in [0.1, 0.15) is 0 Å². The highest BCUT2D eigenvalue weighted by Crippen LogP contribution is 2.23. The van der Waals surface area contributed by atoms with E-state index in [9.17, 15) is 22.4 Å². The molecule has 82 valence electrons. The maximum absolute atomic E-state index is 12.7. The third kappa shape index (κ3) is 2.23. The van der Waals surface area contributed by atoms with E-state index in [0.29, 0.717) is 6.07 Å². The molecule has 0 saturated heterocycles. The number of halogens is 4. The van der Waals surface area contributed by atoms with Crippen LogP contribution >= 0.6 is 0 Å². The Morgan fingerprint density at radius 2 is 2.07 bits per heavy atom. The number of esters is 1. The molecule has 1 aromatic heterocycles. The largest absolute Gasteiger partial charge is 0.464 e. The van der Waals surface area contributed by atoms with Gasteiger partial charge in [0, 0.05) is 0 Å². The summed E-state index contributed by atoms with van der Waals surface area (Å²) in [5.74, 6) is -4.64. The van der Waals surface area contributed by atoms with E-state index < -0.39 is 35.4 Å². The maximum atomic E-state index is 12.7. The number of hydrogen-bond acceptors (Lipinski definition) is 3. The Labute approximate surface area is 81.7 Å². The zero-order valence-corrected chi connectivity index (χ0v) is 7.43. The van der Waals surface area contributed by atoms with Crippen molar-refractivity contribution in [1.82, 2.24) is 4.98 Å². The van der Waals surface area contributed by atoms with E-state index in [2.05, 4.69) is 9.72 Å². The average Bonchev–Trinajstić information content (AvgIpc) is 2.20. The van der Waals surface area contributed by atoms with Crippen LogP contribution in [-0.2, 0) is 4.74 Å². The summed E-state index contributed by atoms with van der Waals surface area (Å²) in [6.07, 6.45) is -3.23. The Balaban J connectivity index is 3.29. The zero-order chi connectivity index (χ0) is 11.6. The molecule has 0 atom stereocenters.